The van der Waals surface area contributed by atoms with Crippen molar-refractivity contribution in [2.75, 3.05) is 32.6 Å². The molecule has 0 aromatic heterocycles. The molecule has 4 heteroatoms. The summed E-state index contributed by atoms with van der Waals surface area (Å²) in [4.78, 5) is 0. The molecule has 1 aromatic carbocycles. The highest BCUT2D eigenvalue weighted by Gasteiger charge is 2.22. The van der Waals surface area contributed by atoms with Crippen molar-refractivity contribution in [3.05, 3.63) is 29.8 Å². The second-order valence-corrected chi connectivity index (χ2v) is 5.68. The van der Waals surface area contributed by atoms with Gasteiger partial charge in [0.2, 0.25) is 0 Å². The average molecular weight is 267 g/mol. The minimum atomic E-state index is 0.344. The first-order valence-electron chi connectivity index (χ1n) is 6.40. The van der Waals surface area contributed by atoms with E-state index in [1.165, 1.54) is 5.56 Å². The fourth-order valence-corrected chi connectivity index (χ4v) is 3.15. The third-order valence-corrected chi connectivity index (χ3v) is 4.34. The number of para-hydroxylation sites is 1. The van der Waals surface area contributed by atoms with Crippen LogP contribution < -0.4 is 10.1 Å². The molecule has 2 rings (SSSR count). The van der Waals surface area contributed by atoms with Gasteiger partial charge < -0.3 is 14.8 Å². The summed E-state index contributed by atoms with van der Waals surface area (Å²) in [6.07, 6.45) is 0. The molecule has 1 aromatic rings. The van der Waals surface area contributed by atoms with Crippen LogP contribution in [0.25, 0.3) is 0 Å². The van der Waals surface area contributed by atoms with Gasteiger partial charge in [0, 0.05) is 17.4 Å². The van der Waals surface area contributed by atoms with E-state index in [0.29, 0.717) is 11.3 Å². The summed E-state index contributed by atoms with van der Waals surface area (Å²) < 4.78 is 10.7. The predicted molar refractivity (Wildman–Crippen MR) is 76.5 cm³/mol. The highest BCUT2D eigenvalue weighted by atomic mass is 32.2. The van der Waals surface area contributed by atoms with E-state index in [1.807, 2.05) is 23.9 Å². The normalized spacial score (nSPS) is 17.2. The number of ether oxygens (including phenoxy) is 2. The molecule has 1 aliphatic heterocycles. The maximum atomic E-state index is 5.45. The number of methoxy groups -OCH3 is 1. The molecule has 0 spiro atoms. The van der Waals surface area contributed by atoms with Gasteiger partial charge in [-0.3, -0.25) is 0 Å². The number of nitrogens with one attached hydrogen (secondary N) is 1. The Kier molecular flexibility index (Phi) is 5.35. The molecule has 18 heavy (non-hydrogen) atoms. The third-order valence-electron chi connectivity index (χ3n) is 3.07. The molecule has 0 aliphatic carbocycles. The van der Waals surface area contributed by atoms with Gasteiger partial charge in [0.05, 0.1) is 25.6 Å². The first-order chi connectivity index (χ1) is 8.85. The molecule has 1 fully saturated rings. The van der Waals surface area contributed by atoms with Crippen molar-refractivity contribution in [1.82, 2.24) is 5.32 Å². The Labute approximate surface area is 113 Å². The molecule has 1 N–H and O–H groups in total. The van der Waals surface area contributed by atoms with Crippen LogP contribution in [0.5, 0.6) is 5.75 Å². The van der Waals surface area contributed by atoms with Crippen LogP contribution in [0.3, 0.4) is 0 Å². The fraction of sp³-hybridized carbons (Fsp3) is 0.571. The van der Waals surface area contributed by atoms with E-state index >= 15 is 0 Å². The summed E-state index contributed by atoms with van der Waals surface area (Å²) in [5, 5.41) is 4.20. The highest BCUT2D eigenvalue weighted by molar-refractivity contribution is 8.00. The van der Waals surface area contributed by atoms with Crippen molar-refractivity contribution in [3.8, 4) is 5.75 Å². The van der Waals surface area contributed by atoms with E-state index in [-0.39, 0.29) is 0 Å². The summed E-state index contributed by atoms with van der Waals surface area (Å²) in [6, 6.07) is 8.59. The van der Waals surface area contributed by atoms with Gasteiger partial charge in [0.15, 0.2) is 0 Å². The lowest BCUT2D eigenvalue weighted by molar-refractivity contribution is 0.0455. The van der Waals surface area contributed by atoms with Gasteiger partial charge in [-0.25, -0.2) is 0 Å². The molecule has 1 saturated heterocycles. The van der Waals surface area contributed by atoms with Crippen molar-refractivity contribution in [3.63, 3.8) is 0 Å². The average Bonchev–Trinajstić information content (AvgIpc) is 2.36. The molecule has 100 valence electrons. The van der Waals surface area contributed by atoms with Crippen LogP contribution in [0.15, 0.2) is 24.3 Å². The Hall–Kier alpha value is -0.710. The lowest BCUT2D eigenvalue weighted by Gasteiger charge is -2.28. The SMILES string of the molecule is CCNC(CSC1COC1)c1ccccc1OC. The molecule has 3 nitrogen and oxygen atoms in total. The smallest absolute Gasteiger partial charge is 0.123 e. The summed E-state index contributed by atoms with van der Waals surface area (Å²) in [6.45, 7) is 4.90. The predicted octanol–water partition coefficient (Wildman–Crippen LogP) is 2.48. The van der Waals surface area contributed by atoms with Crippen LogP contribution in [-0.4, -0.2) is 37.9 Å². The van der Waals surface area contributed by atoms with Crippen LogP contribution >= 0.6 is 11.8 Å². The zero-order valence-corrected chi connectivity index (χ0v) is 11.8. The first-order valence-corrected chi connectivity index (χ1v) is 7.45. The molecule has 1 heterocycles. The standard InChI is InChI=1S/C14H21NO2S/c1-3-15-13(10-18-11-8-17-9-11)12-6-4-5-7-14(12)16-2/h4-7,11,13,15H,3,8-10H2,1-2H3. The number of thioether (sulfide) groups is 1. The number of rotatable bonds is 7. The molecule has 0 radical (unpaired) electrons. The Bertz CT molecular complexity index is 369. The zero-order chi connectivity index (χ0) is 12.8. The summed E-state index contributed by atoms with van der Waals surface area (Å²) in [5.74, 6) is 2.02. The van der Waals surface area contributed by atoms with E-state index in [1.54, 1.807) is 7.11 Å². The molecule has 1 aliphatic rings. The van der Waals surface area contributed by atoms with Crippen LogP contribution in [0.1, 0.15) is 18.5 Å². The van der Waals surface area contributed by atoms with Crippen molar-refractivity contribution < 1.29 is 9.47 Å². The van der Waals surface area contributed by atoms with E-state index in [2.05, 4.69) is 24.4 Å². The maximum absolute atomic E-state index is 5.45. The second kappa shape index (κ2) is 7.02. The largest absolute Gasteiger partial charge is 0.496 e. The molecule has 1 unspecified atom stereocenters. The molecular formula is C14H21NO2S. The Balaban J connectivity index is 2.02. The second-order valence-electron chi connectivity index (χ2n) is 4.35. The molecule has 0 bridgehead atoms. The first kappa shape index (κ1) is 13.7. The molecule has 0 amide bonds. The van der Waals surface area contributed by atoms with Gasteiger partial charge in [-0.05, 0) is 12.6 Å². The van der Waals surface area contributed by atoms with Gasteiger partial charge >= 0.3 is 0 Å². The number of hydrogen-bond donors (Lipinski definition) is 1. The maximum Gasteiger partial charge on any atom is 0.123 e. The summed E-state index contributed by atoms with van der Waals surface area (Å²) in [7, 11) is 1.73. The third kappa shape index (κ3) is 3.40. The van der Waals surface area contributed by atoms with E-state index < -0.39 is 0 Å². The van der Waals surface area contributed by atoms with Gasteiger partial charge in [-0.15, -0.1) is 0 Å². The van der Waals surface area contributed by atoms with Crippen LogP contribution in [0.4, 0.5) is 0 Å². The molecular weight excluding hydrogens is 246 g/mol. The highest BCUT2D eigenvalue weighted by Crippen LogP contribution is 2.30. The van der Waals surface area contributed by atoms with Gasteiger partial charge in [0.1, 0.15) is 5.75 Å². The summed E-state index contributed by atoms with van der Waals surface area (Å²) >= 11 is 1.98. The lowest BCUT2D eigenvalue weighted by atomic mass is 10.1. The van der Waals surface area contributed by atoms with E-state index in [9.17, 15) is 0 Å². The Morgan fingerprint density at radius 2 is 2.22 bits per heavy atom. The van der Waals surface area contributed by atoms with E-state index in [0.717, 1.165) is 31.3 Å². The zero-order valence-electron chi connectivity index (χ0n) is 11.0. The minimum absolute atomic E-state index is 0.344. The van der Waals surface area contributed by atoms with Gasteiger partial charge in [-0.2, -0.15) is 11.8 Å². The van der Waals surface area contributed by atoms with Crippen LogP contribution in [-0.2, 0) is 4.74 Å². The number of benzene rings is 1. The molecule has 0 saturated carbocycles. The minimum Gasteiger partial charge on any atom is -0.496 e. The number of hydrogen-bond acceptors (Lipinski definition) is 4. The quantitative estimate of drug-likeness (QED) is 0.822. The van der Waals surface area contributed by atoms with Gasteiger partial charge in [-0.1, -0.05) is 25.1 Å². The van der Waals surface area contributed by atoms with Crippen molar-refractivity contribution >= 4 is 11.8 Å². The summed E-state index contributed by atoms with van der Waals surface area (Å²) in [5.41, 5.74) is 1.24. The van der Waals surface area contributed by atoms with E-state index in [4.69, 9.17) is 9.47 Å². The topological polar surface area (TPSA) is 30.5 Å². The molecule has 1 atom stereocenters. The van der Waals surface area contributed by atoms with Crippen LogP contribution in [0.2, 0.25) is 0 Å². The van der Waals surface area contributed by atoms with Crippen LogP contribution in [0, 0.1) is 0 Å². The van der Waals surface area contributed by atoms with Crippen molar-refractivity contribution in [2.45, 2.75) is 18.2 Å². The monoisotopic (exact) mass is 267 g/mol. The fourth-order valence-electron chi connectivity index (χ4n) is 2.00. The van der Waals surface area contributed by atoms with Gasteiger partial charge in [0.25, 0.3) is 0 Å². The Morgan fingerprint density at radius 3 is 2.83 bits per heavy atom. The van der Waals surface area contributed by atoms with Crippen molar-refractivity contribution in [1.29, 1.82) is 0 Å². The van der Waals surface area contributed by atoms with Crippen molar-refractivity contribution in [2.24, 2.45) is 0 Å². The Morgan fingerprint density at radius 1 is 1.44 bits per heavy atom. The lowest BCUT2D eigenvalue weighted by Crippen LogP contribution is -2.32.